The van der Waals surface area contributed by atoms with Crippen LogP contribution in [0.5, 0.6) is 0 Å². The van der Waals surface area contributed by atoms with E-state index >= 15 is 0 Å². The van der Waals surface area contributed by atoms with Crippen LogP contribution in [0.25, 0.3) is 0 Å². The van der Waals surface area contributed by atoms with Crippen LogP contribution >= 0.6 is 0 Å². The molecule has 0 aromatic heterocycles. The Morgan fingerprint density at radius 1 is 0.783 bits per heavy atom. The van der Waals surface area contributed by atoms with Crippen LogP contribution in [0.4, 0.5) is 0 Å². The third kappa shape index (κ3) is 6.56. The van der Waals surface area contributed by atoms with Crippen LogP contribution in [0.2, 0.25) is 0 Å². The van der Waals surface area contributed by atoms with E-state index in [2.05, 4.69) is 10.6 Å². The number of hydrogen-bond donors (Lipinski definition) is 3. The molecule has 0 spiro atoms. The second kappa shape index (κ2) is 9.50. The average Bonchev–Trinajstić information content (AvgIpc) is 2.47. The Morgan fingerprint density at radius 2 is 1.22 bits per heavy atom. The van der Waals surface area contributed by atoms with Crippen LogP contribution < -0.4 is 16.4 Å². The highest BCUT2D eigenvalue weighted by Crippen LogP contribution is 2.08. The number of amides is 2. The molecule has 23 heavy (non-hydrogen) atoms. The van der Waals surface area contributed by atoms with Crippen molar-refractivity contribution in [1.82, 2.24) is 10.6 Å². The highest BCUT2D eigenvalue weighted by molar-refractivity contribution is 5.92. The molecule has 4 N–H and O–H groups in total. The first-order chi connectivity index (χ1) is 10.5. The summed E-state index contributed by atoms with van der Waals surface area (Å²) in [6, 6.07) is -2.21. The van der Waals surface area contributed by atoms with Gasteiger partial charge in [0, 0.05) is 0 Å². The van der Waals surface area contributed by atoms with Gasteiger partial charge < -0.3 is 21.1 Å². The van der Waals surface area contributed by atoms with E-state index in [4.69, 9.17) is 10.5 Å². The van der Waals surface area contributed by atoms with Gasteiger partial charge in [-0.2, -0.15) is 0 Å². The Morgan fingerprint density at radius 3 is 1.57 bits per heavy atom. The van der Waals surface area contributed by atoms with E-state index in [1.807, 2.05) is 27.7 Å². The Hall–Kier alpha value is -1.63. The first kappa shape index (κ1) is 21.4. The van der Waals surface area contributed by atoms with Gasteiger partial charge in [0.25, 0.3) is 0 Å². The maximum Gasteiger partial charge on any atom is 0.328 e. The van der Waals surface area contributed by atoms with Crippen molar-refractivity contribution in [2.75, 3.05) is 7.11 Å². The van der Waals surface area contributed by atoms with Crippen LogP contribution in [0.1, 0.15) is 41.5 Å². The summed E-state index contributed by atoms with van der Waals surface area (Å²) in [7, 11) is 1.27. The molecule has 0 saturated carbocycles. The predicted octanol–water partition coefficient (Wildman–Crippen LogP) is 0.424. The molecule has 3 atom stereocenters. The number of ether oxygens (including phenoxy) is 1. The van der Waals surface area contributed by atoms with Crippen LogP contribution in [-0.4, -0.2) is 43.0 Å². The number of hydrogen-bond acceptors (Lipinski definition) is 5. The van der Waals surface area contributed by atoms with Gasteiger partial charge in [-0.05, 0) is 17.8 Å². The molecular formula is C16H31N3O4. The number of carbonyl (C=O) groups is 3. The van der Waals surface area contributed by atoms with Crippen LogP contribution in [0, 0.1) is 17.8 Å². The SMILES string of the molecule is COC(=O)C(NC(=O)C(NC(=O)C(N)C(C)C)C(C)C)C(C)C. The van der Waals surface area contributed by atoms with Gasteiger partial charge in [-0.1, -0.05) is 41.5 Å². The minimum absolute atomic E-state index is 0.0376. The molecule has 7 nitrogen and oxygen atoms in total. The summed E-state index contributed by atoms with van der Waals surface area (Å²) in [5.74, 6) is -1.64. The fourth-order valence-corrected chi connectivity index (χ4v) is 1.95. The lowest BCUT2D eigenvalue weighted by Crippen LogP contribution is -2.57. The van der Waals surface area contributed by atoms with Gasteiger partial charge >= 0.3 is 5.97 Å². The molecule has 134 valence electrons. The van der Waals surface area contributed by atoms with Crippen molar-refractivity contribution < 1.29 is 19.1 Å². The van der Waals surface area contributed by atoms with Crippen molar-refractivity contribution in [3.63, 3.8) is 0 Å². The fourth-order valence-electron chi connectivity index (χ4n) is 1.95. The van der Waals surface area contributed by atoms with Crippen molar-refractivity contribution in [3.8, 4) is 0 Å². The molecule has 0 rings (SSSR count). The third-order valence-corrected chi connectivity index (χ3v) is 3.69. The van der Waals surface area contributed by atoms with Crippen molar-refractivity contribution in [1.29, 1.82) is 0 Å². The highest BCUT2D eigenvalue weighted by atomic mass is 16.5. The van der Waals surface area contributed by atoms with Crippen LogP contribution in [0.15, 0.2) is 0 Å². The Balaban J connectivity index is 5.06. The molecule has 2 amide bonds. The molecule has 0 aromatic carbocycles. The topological polar surface area (TPSA) is 111 Å². The molecule has 7 heteroatoms. The number of carbonyl (C=O) groups excluding carboxylic acids is 3. The number of nitrogens with two attached hydrogens (primary N) is 1. The third-order valence-electron chi connectivity index (χ3n) is 3.69. The predicted molar refractivity (Wildman–Crippen MR) is 88.4 cm³/mol. The summed E-state index contributed by atoms with van der Waals surface area (Å²) < 4.78 is 4.70. The monoisotopic (exact) mass is 329 g/mol. The number of nitrogens with one attached hydrogen (secondary N) is 2. The summed E-state index contributed by atoms with van der Waals surface area (Å²) in [6.45, 7) is 10.9. The molecule has 0 aromatic rings. The Bertz CT molecular complexity index is 422. The normalized spacial score (nSPS) is 15.3. The van der Waals surface area contributed by atoms with Crippen LogP contribution in [0.3, 0.4) is 0 Å². The van der Waals surface area contributed by atoms with Crippen molar-refractivity contribution in [2.24, 2.45) is 23.5 Å². The summed E-state index contributed by atoms with van der Waals surface area (Å²) >= 11 is 0. The summed E-state index contributed by atoms with van der Waals surface area (Å²) in [4.78, 5) is 36.3. The molecule has 0 fully saturated rings. The lowest BCUT2D eigenvalue weighted by atomic mass is 9.98. The van der Waals surface area contributed by atoms with E-state index in [0.29, 0.717) is 0 Å². The maximum absolute atomic E-state index is 12.5. The molecule has 0 radical (unpaired) electrons. The van der Waals surface area contributed by atoms with Gasteiger partial charge in [-0.25, -0.2) is 4.79 Å². The summed E-state index contributed by atoms with van der Waals surface area (Å²) in [6.07, 6.45) is 0. The number of methoxy groups -OCH3 is 1. The fraction of sp³-hybridized carbons (Fsp3) is 0.812. The molecule has 0 aliphatic carbocycles. The zero-order valence-electron chi connectivity index (χ0n) is 15.2. The van der Waals surface area contributed by atoms with E-state index < -0.39 is 30.0 Å². The van der Waals surface area contributed by atoms with E-state index in [0.717, 1.165) is 0 Å². The van der Waals surface area contributed by atoms with Gasteiger partial charge in [0.1, 0.15) is 12.1 Å². The molecule has 0 aliphatic rings. The number of esters is 1. The van der Waals surface area contributed by atoms with Gasteiger partial charge in [-0.3, -0.25) is 9.59 Å². The highest BCUT2D eigenvalue weighted by Gasteiger charge is 2.32. The first-order valence-electron chi connectivity index (χ1n) is 7.97. The molecule has 3 unspecified atom stereocenters. The van der Waals surface area contributed by atoms with E-state index in [9.17, 15) is 14.4 Å². The standard InChI is InChI=1S/C16H31N3O4/c1-8(2)11(17)14(20)18-12(9(3)4)15(21)19-13(10(5)6)16(22)23-7/h8-13H,17H2,1-7H3,(H,18,20)(H,19,21). The lowest BCUT2D eigenvalue weighted by molar-refractivity contribution is -0.146. The lowest BCUT2D eigenvalue weighted by Gasteiger charge is -2.27. The Labute approximate surface area is 138 Å². The zero-order chi connectivity index (χ0) is 18.3. The summed E-state index contributed by atoms with van der Waals surface area (Å²) in [5.41, 5.74) is 5.81. The maximum atomic E-state index is 12.5. The molecule has 0 bridgehead atoms. The minimum Gasteiger partial charge on any atom is -0.467 e. The zero-order valence-corrected chi connectivity index (χ0v) is 15.2. The van der Waals surface area contributed by atoms with Gasteiger partial charge in [0.15, 0.2) is 0 Å². The molecule has 0 aliphatic heterocycles. The first-order valence-corrected chi connectivity index (χ1v) is 7.97. The van der Waals surface area contributed by atoms with Crippen molar-refractivity contribution in [3.05, 3.63) is 0 Å². The Kier molecular flexibility index (Phi) is 8.82. The van der Waals surface area contributed by atoms with E-state index in [1.54, 1.807) is 13.8 Å². The smallest absolute Gasteiger partial charge is 0.328 e. The second-order valence-electron chi connectivity index (χ2n) is 6.75. The van der Waals surface area contributed by atoms with Gasteiger partial charge in [0.05, 0.1) is 13.2 Å². The van der Waals surface area contributed by atoms with E-state index in [-0.39, 0.29) is 23.7 Å². The number of rotatable bonds is 8. The quantitative estimate of drug-likeness (QED) is 0.559. The molecule has 0 heterocycles. The molecule has 0 saturated heterocycles. The van der Waals surface area contributed by atoms with Crippen molar-refractivity contribution in [2.45, 2.75) is 59.7 Å². The van der Waals surface area contributed by atoms with Gasteiger partial charge in [0.2, 0.25) is 11.8 Å². The largest absolute Gasteiger partial charge is 0.467 e. The van der Waals surface area contributed by atoms with E-state index in [1.165, 1.54) is 7.11 Å². The summed E-state index contributed by atoms with van der Waals surface area (Å²) in [5, 5.41) is 5.32. The molecular weight excluding hydrogens is 298 g/mol. The minimum atomic E-state index is -0.766. The van der Waals surface area contributed by atoms with Crippen LogP contribution in [-0.2, 0) is 19.1 Å². The van der Waals surface area contributed by atoms with Crippen molar-refractivity contribution >= 4 is 17.8 Å². The van der Waals surface area contributed by atoms with Gasteiger partial charge in [-0.15, -0.1) is 0 Å². The average molecular weight is 329 g/mol. The second-order valence-corrected chi connectivity index (χ2v) is 6.75.